The predicted molar refractivity (Wildman–Crippen MR) is 106 cm³/mol. The molecular weight excluding hydrogens is 340 g/mol. The Morgan fingerprint density at radius 2 is 1.81 bits per heavy atom. The van der Waals surface area contributed by atoms with E-state index in [1.54, 1.807) is 6.33 Å². The molecule has 0 radical (unpaired) electrons. The molecule has 148 valence electrons. The van der Waals surface area contributed by atoms with Gasteiger partial charge in [0.15, 0.2) is 0 Å². The molecule has 0 aromatic carbocycles. The lowest BCUT2D eigenvalue weighted by Gasteiger charge is -2.25. The third-order valence-electron chi connectivity index (χ3n) is 6.29. The Morgan fingerprint density at radius 3 is 2.56 bits per heavy atom. The second-order valence-electron chi connectivity index (χ2n) is 8.58. The molecule has 2 unspecified atom stereocenters. The first-order chi connectivity index (χ1) is 13.1. The third-order valence-corrected chi connectivity index (χ3v) is 6.29. The van der Waals surface area contributed by atoms with Crippen molar-refractivity contribution < 1.29 is 4.79 Å². The maximum Gasteiger partial charge on any atom is 0.221 e. The normalized spacial score (nSPS) is 27.1. The Kier molecular flexibility index (Phi) is 5.59. The number of carbonyl (C=O) groups excluding carboxylic acids is 1. The lowest BCUT2D eigenvalue weighted by atomic mass is 10.0. The van der Waals surface area contributed by atoms with Crippen LogP contribution in [0.5, 0.6) is 0 Å². The van der Waals surface area contributed by atoms with Crippen molar-refractivity contribution in [3.63, 3.8) is 0 Å². The summed E-state index contributed by atoms with van der Waals surface area (Å²) in [4.78, 5) is 27.9. The van der Waals surface area contributed by atoms with Crippen molar-refractivity contribution in [1.29, 1.82) is 0 Å². The van der Waals surface area contributed by atoms with Crippen LogP contribution in [0.4, 0.5) is 5.82 Å². The fourth-order valence-corrected chi connectivity index (χ4v) is 4.63. The minimum atomic E-state index is 0.193. The van der Waals surface area contributed by atoms with Crippen LogP contribution in [0.2, 0.25) is 0 Å². The molecule has 3 aliphatic rings. The Labute approximate surface area is 162 Å². The van der Waals surface area contributed by atoms with Gasteiger partial charge in [0.2, 0.25) is 5.91 Å². The highest BCUT2D eigenvalue weighted by Crippen LogP contribution is 2.33. The molecule has 1 aromatic rings. The second-order valence-corrected chi connectivity index (χ2v) is 8.58. The fraction of sp³-hybridized carbons (Fsp3) is 0.750. The molecule has 4 rings (SSSR count). The molecule has 7 heteroatoms. The summed E-state index contributed by atoms with van der Waals surface area (Å²) in [6, 6.07) is 2.16. The van der Waals surface area contributed by atoms with Gasteiger partial charge < -0.3 is 15.1 Å². The number of hydrogen-bond donors (Lipinski definition) is 1. The second kappa shape index (κ2) is 8.10. The number of nitrogens with one attached hydrogen (secondary N) is 1. The zero-order chi connectivity index (χ0) is 18.8. The van der Waals surface area contributed by atoms with E-state index in [4.69, 9.17) is 0 Å². The van der Waals surface area contributed by atoms with Gasteiger partial charge in [0.25, 0.3) is 0 Å². The van der Waals surface area contributed by atoms with E-state index in [1.165, 1.54) is 13.1 Å². The molecule has 4 heterocycles. The van der Waals surface area contributed by atoms with Crippen molar-refractivity contribution in [2.45, 2.75) is 26.2 Å². The molecule has 0 aliphatic carbocycles. The lowest BCUT2D eigenvalue weighted by molar-refractivity contribution is -0.120. The van der Waals surface area contributed by atoms with Crippen molar-refractivity contribution in [3.05, 3.63) is 18.1 Å². The summed E-state index contributed by atoms with van der Waals surface area (Å²) in [5, 5.41) is 2.96. The van der Waals surface area contributed by atoms with Gasteiger partial charge in [0.1, 0.15) is 12.1 Å². The molecule has 7 nitrogen and oxygen atoms in total. The van der Waals surface area contributed by atoms with E-state index in [0.717, 1.165) is 69.2 Å². The SMILES string of the molecule is CC(C)c1cc(N2CC3CN(CCN4CCNC(=O)CC4)CC3C2)ncn1. The van der Waals surface area contributed by atoms with Gasteiger partial charge in [-0.2, -0.15) is 0 Å². The monoisotopic (exact) mass is 372 g/mol. The zero-order valence-corrected chi connectivity index (χ0v) is 16.6. The average Bonchev–Trinajstić information content (AvgIpc) is 3.15. The van der Waals surface area contributed by atoms with Crippen LogP contribution in [0.1, 0.15) is 31.9 Å². The third kappa shape index (κ3) is 4.41. The summed E-state index contributed by atoms with van der Waals surface area (Å²) in [7, 11) is 0. The van der Waals surface area contributed by atoms with Gasteiger partial charge in [-0.3, -0.25) is 9.69 Å². The van der Waals surface area contributed by atoms with Gasteiger partial charge in [0, 0.05) is 77.1 Å². The maximum atomic E-state index is 11.5. The first-order valence-corrected chi connectivity index (χ1v) is 10.4. The summed E-state index contributed by atoms with van der Waals surface area (Å²) in [5.74, 6) is 3.22. The number of rotatable bonds is 5. The van der Waals surface area contributed by atoms with Crippen LogP contribution in [0.3, 0.4) is 0 Å². The summed E-state index contributed by atoms with van der Waals surface area (Å²) < 4.78 is 0. The van der Waals surface area contributed by atoms with E-state index in [1.807, 2.05) is 0 Å². The van der Waals surface area contributed by atoms with Gasteiger partial charge in [-0.05, 0) is 17.8 Å². The van der Waals surface area contributed by atoms with Crippen LogP contribution in [-0.4, -0.2) is 84.6 Å². The molecule has 27 heavy (non-hydrogen) atoms. The predicted octanol–water partition coefficient (Wildman–Crippen LogP) is 0.790. The number of amides is 1. The minimum absolute atomic E-state index is 0.193. The summed E-state index contributed by atoms with van der Waals surface area (Å²) in [5.41, 5.74) is 1.13. The van der Waals surface area contributed by atoms with Crippen molar-refractivity contribution >= 4 is 11.7 Å². The van der Waals surface area contributed by atoms with Crippen LogP contribution >= 0.6 is 0 Å². The molecular formula is C20H32N6O. The average molecular weight is 373 g/mol. The van der Waals surface area contributed by atoms with Crippen molar-refractivity contribution in [3.8, 4) is 0 Å². The number of likely N-dealkylation sites (tertiary alicyclic amines) is 1. The van der Waals surface area contributed by atoms with E-state index in [-0.39, 0.29) is 5.91 Å². The Bertz CT molecular complexity index is 652. The van der Waals surface area contributed by atoms with E-state index >= 15 is 0 Å². The number of hydrogen-bond acceptors (Lipinski definition) is 6. The van der Waals surface area contributed by atoms with E-state index in [0.29, 0.717) is 12.3 Å². The molecule has 3 fully saturated rings. The van der Waals surface area contributed by atoms with Crippen LogP contribution < -0.4 is 10.2 Å². The van der Waals surface area contributed by atoms with Crippen LogP contribution in [0, 0.1) is 11.8 Å². The number of anilines is 1. The van der Waals surface area contributed by atoms with Crippen LogP contribution in [0.15, 0.2) is 12.4 Å². The first kappa shape index (κ1) is 18.6. The van der Waals surface area contributed by atoms with Crippen molar-refractivity contribution in [2.75, 3.05) is 63.8 Å². The number of aromatic nitrogens is 2. The van der Waals surface area contributed by atoms with E-state index in [2.05, 4.69) is 49.9 Å². The van der Waals surface area contributed by atoms with Gasteiger partial charge in [-0.1, -0.05) is 13.8 Å². The molecule has 1 amide bonds. The summed E-state index contributed by atoms with van der Waals surface area (Å²) in [6.45, 7) is 13.8. The van der Waals surface area contributed by atoms with Crippen LogP contribution in [0.25, 0.3) is 0 Å². The molecule has 1 N–H and O–H groups in total. The van der Waals surface area contributed by atoms with Crippen LogP contribution in [-0.2, 0) is 4.79 Å². The molecule has 2 atom stereocenters. The highest BCUT2D eigenvalue weighted by Gasteiger charge is 2.40. The van der Waals surface area contributed by atoms with Crippen molar-refractivity contribution in [2.24, 2.45) is 11.8 Å². The topological polar surface area (TPSA) is 64.6 Å². The smallest absolute Gasteiger partial charge is 0.221 e. The number of nitrogens with zero attached hydrogens (tertiary/aromatic N) is 5. The summed E-state index contributed by atoms with van der Waals surface area (Å²) in [6.07, 6.45) is 2.35. The fourth-order valence-electron chi connectivity index (χ4n) is 4.63. The summed E-state index contributed by atoms with van der Waals surface area (Å²) >= 11 is 0. The van der Waals surface area contributed by atoms with E-state index < -0.39 is 0 Å². The standard InChI is InChI=1S/C20H32N6O/c1-15(2)18-9-19(23-14-22-18)26-12-16-10-25(11-17(16)13-26)8-7-24-5-3-20(27)21-4-6-24/h9,14-17H,3-8,10-13H2,1-2H3,(H,21,27). The van der Waals surface area contributed by atoms with Gasteiger partial charge in [-0.15, -0.1) is 0 Å². The van der Waals surface area contributed by atoms with Crippen molar-refractivity contribution in [1.82, 2.24) is 25.1 Å². The van der Waals surface area contributed by atoms with Gasteiger partial charge >= 0.3 is 0 Å². The Morgan fingerprint density at radius 1 is 1.07 bits per heavy atom. The molecule has 3 aliphatic heterocycles. The molecule has 1 aromatic heterocycles. The number of carbonyl (C=O) groups is 1. The Hall–Kier alpha value is -1.73. The molecule has 0 bridgehead atoms. The Balaban J connectivity index is 1.26. The van der Waals surface area contributed by atoms with Gasteiger partial charge in [-0.25, -0.2) is 9.97 Å². The minimum Gasteiger partial charge on any atom is -0.356 e. The maximum absolute atomic E-state index is 11.5. The number of fused-ring (bicyclic) bond motifs is 1. The molecule has 0 spiro atoms. The van der Waals surface area contributed by atoms with E-state index in [9.17, 15) is 4.79 Å². The lowest BCUT2D eigenvalue weighted by Crippen LogP contribution is -2.37. The van der Waals surface area contributed by atoms with Gasteiger partial charge in [0.05, 0.1) is 0 Å². The first-order valence-electron chi connectivity index (χ1n) is 10.4. The largest absolute Gasteiger partial charge is 0.356 e. The highest BCUT2D eigenvalue weighted by molar-refractivity contribution is 5.76. The zero-order valence-electron chi connectivity index (χ0n) is 16.6. The quantitative estimate of drug-likeness (QED) is 0.825. The molecule has 0 saturated carbocycles. The highest BCUT2D eigenvalue weighted by atomic mass is 16.1. The molecule has 3 saturated heterocycles.